The van der Waals surface area contributed by atoms with Crippen molar-refractivity contribution in [2.24, 2.45) is 0 Å². The lowest BCUT2D eigenvalue weighted by Gasteiger charge is -2.00. The zero-order chi connectivity index (χ0) is 8.36. The summed E-state index contributed by atoms with van der Waals surface area (Å²) in [6.07, 6.45) is 6.71. The molecule has 0 rings (SSSR count). The van der Waals surface area contributed by atoms with E-state index in [0.717, 1.165) is 16.4 Å². The molecular weight excluding hydrogens is 152 g/mol. The van der Waals surface area contributed by atoms with Crippen molar-refractivity contribution in [3.63, 3.8) is 0 Å². The molecule has 0 N–H and O–H groups in total. The Labute approximate surface area is 73.5 Å². The summed E-state index contributed by atoms with van der Waals surface area (Å²) < 4.78 is 5.39. The molecule has 0 aromatic rings. The molecule has 0 aromatic heterocycles. The summed E-state index contributed by atoms with van der Waals surface area (Å²) in [7, 11) is 0.727. The van der Waals surface area contributed by atoms with Gasteiger partial charge in [0.1, 0.15) is 0 Å². The number of hydrogen-bond donors (Lipinski definition) is 0. The fraction of sp³-hybridized carbons (Fsp3) is 1.00. The van der Waals surface area contributed by atoms with Crippen molar-refractivity contribution in [1.82, 2.24) is 0 Å². The number of hydrogen-bond acceptors (Lipinski definition) is 1. The Morgan fingerprint density at radius 1 is 1.00 bits per heavy atom. The lowest BCUT2D eigenvalue weighted by molar-refractivity contribution is 0.321. The van der Waals surface area contributed by atoms with Crippen molar-refractivity contribution in [3.8, 4) is 0 Å². The van der Waals surface area contributed by atoms with E-state index in [4.69, 9.17) is 4.43 Å². The molecule has 0 aliphatic heterocycles. The highest BCUT2D eigenvalue weighted by Gasteiger charge is 1.89. The van der Waals surface area contributed by atoms with Gasteiger partial charge in [-0.05, 0) is 12.5 Å². The molecule has 0 heterocycles. The van der Waals surface area contributed by atoms with E-state index in [0.29, 0.717) is 0 Å². The van der Waals surface area contributed by atoms with Crippen LogP contribution in [0.15, 0.2) is 0 Å². The molecule has 0 bridgehead atoms. The molecule has 0 saturated heterocycles. The highest BCUT2D eigenvalue weighted by Crippen LogP contribution is 2.01. The molecule has 1 nitrogen and oxygen atoms in total. The van der Waals surface area contributed by atoms with Crippen molar-refractivity contribution in [2.75, 3.05) is 6.61 Å². The van der Waals surface area contributed by atoms with E-state index in [1.54, 1.807) is 0 Å². The van der Waals surface area contributed by atoms with Crippen molar-refractivity contribution in [3.05, 3.63) is 0 Å². The van der Waals surface area contributed by atoms with Gasteiger partial charge in [0.05, 0.1) is 0 Å². The summed E-state index contributed by atoms with van der Waals surface area (Å²) in [5.74, 6) is 0. The van der Waals surface area contributed by atoms with E-state index in [1.807, 2.05) is 0 Å². The van der Waals surface area contributed by atoms with Crippen LogP contribution in [0.2, 0.25) is 6.04 Å². The van der Waals surface area contributed by atoms with Gasteiger partial charge in [0.25, 0.3) is 0 Å². The van der Waals surface area contributed by atoms with E-state index < -0.39 is 0 Å². The highest BCUT2D eigenvalue weighted by atomic mass is 28.2. The van der Waals surface area contributed by atoms with Crippen LogP contribution in [0.5, 0.6) is 0 Å². The second kappa shape index (κ2) is 10.2. The topological polar surface area (TPSA) is 9.23 Å². The van der Waals surface area contributed by atoms with Crippen molar-refractivity contribution in [1.29, 1.82) is 0 Å². The highest BCUT2D eigenvalue weighted by molar-refractivity contribution is 6.26. The predicted molar refractivity (Wildman–Crippen MR) is 50.9 cm³/mol. The molecule has 0 aliphatic rings. The third-order valence-electron chi connectivity index (χ3n) is 1.60. The van der Waals surface area contributed by atoms with E-state index in [9.17, 15) is 0 Å². The first kappa shape index (κ1) is 11.2. The molecule has 0 saturated carbocycles. The van der Waals surface area contributed by atoms with Crippen LogP contribution in [0.1, 0.15) is 46.0 Å². The molecule has 0 aliphatic carbocycles. The molecule has 2 heteroatoms. The van der Waals surface area contributed by atoms with Crippen LogP contribution in [-0.2, 0) is 4.43 Å². The van der Waals surface area contributed by atoms with E-state index in [1.165, 1.54) is 38.1 Å². The first-order valence-electron chi connectivity index (χ1n) is 4.76. The molecule has 0 atom stereocenters. The maximum absolute atomic E-state index is 5.39. The fourth-order valence-corrected chi connectivity index (χ4v) is 1.44. The van der Waals surface area contributed by atoms with Crippen LogP contribution in [-0.4, -0.2) is 16.4 Å². The minimum atomic E-state index is 0.727. The summed E-state index contributed by atoms with van der Waals surface area (Å²) in [6.45, 7) is 5.39. The van der Waals surface area contributed by atoms with Crippen molar-refractivity contribution < 1.29 is 4.43 Å². The lowest BCUT2D eigenvalue weighted by Crippen LogP contribution is -1.98. The van der Waals surface area contributed by atoms with Crippen LogP contribution >= 0.6 is 0 Å². The van der Waals surface area contributed by atoms with Gasteiger partial charge in [-0.15, -0.1) is 0 Å². The molecule has 0 aromatic carbocycles. The van der Waals surface area contributed by atoms with Crippen LogP contribution < -0.4 is 0 Å². The van der Waals surface area contributed by atoms with Gasteiger partial charge in [-0.2, -0.15) is 0 Å². The first-order chi connectivity index (χ1) is 5.41. The van der Waals surface area contributed by atoms with Gasteiger partial charge in [-0.25, -0.2) is 0 Å². The predicted octanol–water partition coefficient (Wildman–Crippen LogP) is 3.03. The molecule has 0 amide bonds. The normalized spacial score (nSPS) is 10.4. The minimum Gasteiger partial charge on any atom is -0.417 e. The first-order valence-corrected chi connectivity index (χ1v) is 5.88. The Morgan fingerprint density at radius 2 is 1.73 bits per heavy atom. The average molecular weight is 172 g/mol. The molecule has 11 heavy (non-hydrogen) atoms. The summed E-state index contributed by atoms with van der Waals surface area (Å²) in [4.78, 5) is 0. The minimum absolute atomic E-state index is 0.727. The summed E-state index contributed by atoms with van der Waals surface area (Å²) in [5, 5.41) is 0. The maximum atomic E-state index is 5.39. The Hall–Kier alpha value is 0.177. The average Bonchev–Trinajstić information content (AvgIpc) is 2.03. The smallest absolute Gasteiger partial charge is 0.229 e. The molecule has 0 spiro atoms. The maximum Gasteiger partial charge on any atom is 0.229 e. The van der Waals surface area contributed by atoms with Gasteiger partial charge < -0.3 is 4.43 Å². The van der Waals surface area contributed by atoms with Crippen LogP contribution in [0.3, 0.4) is 0 Å². The number of rotatable bonds is 8. The second-order valence-electron chi connectivity index (χ2n) is 2.76. The quantitative estimate of drug-likeness (QED) is 0.404. The third kappa shape index (κ3) is 10.2. The van der Waals surface area contributed by atoms with E-state index in [2.05, 4.69) is 13.8 Å². The SMILES string of the molecule is CCCCCCCO[Si]CC. The van der Waals surface area contributed by atoms with Gasteiger partial charge >= 0.3 is 0 Å². The molecule has 0 unspecified atom stereocenters. The number of unbranched alkanes of at least 4 members (excludes halogenated alkanes) is 4. The van der Waals surface area contributed by atoms with Gasteiger partial charge in [0.15, 0.2) is 0 Å². The monoisotopic (exact) mass is 172 g/mol. The summed E-state index contributed by atoms with van der Waals surface area (Å²) >= 11 is 0. The van der Waals surface area contributed by atoms with Gasteiger partial charge in [0.2, 0.25) is 9.76 Å². The summed E-state index contributed by atoms with van der Waals surface area (Å²) in [5.41, 5.74) is 0. The Balaban J connectivity index is 2.69. The van der Waals surface area contributed by atoms with Gasteiger partial charge in [0, 0.05) is 6.61 Å². The van der Waals surface area contributed by atoms with Gasteiger partial charge in [-0.1, -0.05) is 39.5 Å². The Morgan fingerprint density at radius 3 is 2.36 bits per heavy atom. The molecular formula is C9H20OSi. The van der Waals surface area contributed by atoms with E-state index in [-0.39, 0.29) is 0 Å². The lowest BCUT2D eigenvalue weighted by atomic mass is 10.2. The van der Waals surface area contributed by atoms with E-state index >= 15 is 0 Å². The van der Waals surface area contributed by atoms with Crippen LogP contribution in [0, 0.1) is 0 Å². The molecule has 0 fully saturated rings. The van der Waals surface area contributed by atoms with Crippen LogP contribution in [0.4, 0.5) is 0 Å². The van der Waals surface area contributed by atoms with Crippen LogP contribution in [0.25, 0.3) is 0 Å². The van der Waals surface area contributed by atoms with Crippen molar-refractivity contribution >= 4 is 9.76 Å². The van der Waals surface area contributed by atoms with Gasteiger partial charge in [-0.3, -0.25) is 0 Å². The Bertz CT molecular complexity index is 58.6. The molecule has 2 radical (unpaired) electrons. The third-order valence-corrected chi connectivity index (χ3v) is 2.29. The fourth-order valence-electron chi connectivity index (χ4n) is 0.952. The summed E-state index contributed by atoms with van der Waals surface area (Å²) in [6, 6.07) is 1.18. The molecule has 66 valence electrons. The zero-order valence-corrected chi connectivity index (χ0v) is 8.86. The standard InChI is InChI=1S/C9H20OSi/c1-3-5-6-7-8-9-10-11-4-2/h3-9H2,1-2H3. The largest absolute Gasteiger partial charge is 0.417 e. The Kier molecular flexibility index (Phi) is 10.3. The zero-order valence-electron chi connectivity index (χ0n) is 7.86. The van der Waals surface area contributed by atoms with Crippen molar-refractivity contribution in [2.45, 2.75) is 52.0 Å². The second-order valence-corrected chi connectivity index (χ2v) is 4.05.